The number of carbonyl (C=O) groups excluding carboxylic acids is 2. The number of rotatable bonds is 10. The van der Waals surface area contributed by atoms with E-state index in [-0.39, 0.29) is 16.3 Å². The molecule has 1 atom stereocenters. The normalized spacial score (nSPS) is 15.1. The lowest BCUT2D eigenvalue weighted by molar-refractivity contribution is -0.141. The number of aromatic nitrogens is 4. The summed E-state index contributed by atoms with van der Waals surface area (Å²) in [6, 6.07) is 20.0. The zero-order chi connectivity index (χ0) is 33.3. The fraction of sp³-hybridized carbons (Fsp3) is 0.233. The van der Waals surface area contributed by atoms with Crippen molar-refractivity contribution in [3.05, 3.63) is 102 Å². The molecule has 13 nitrogen and oxygen atoms in total. The Kier molecular flexibility index (Phi) is 8.31. The molecule has 1 aliphatic rings. The van der Waals surface area contributed by atoms with Crippen LogP contribution in [0.1, 0.15) is 34.5 Å². The molecule has 0 bridgehead atoms. The number of esters is 1. The second-order valence-electron chi connectivity index (χ2n) is 10.6. The summed E-state index contributed by atoms with van der Waals surface area (Å²) >= 11 is 0. The molecule has 0 radical (unpaired) electrons. The molecule has 0 saturated carbocycles. The molecular formula is C30H27F3N6O7S. The number of carbonyl (C=O) groups is 2. The van der Waals surface area contributed by atoms with Gasteiger partial charge in [0.1, 0.15) is 11.1 Å². The van der Waals surface area contributed by atoms with Gasteiger partial charge in [-0.3, -0.25) is 4.79 Å². The van der Waals surface area contributed by atoms with Crippen LogP contribution in [0.2, 0.25) is 0 Å². The van der Waals surface area contributed by atoms with E-state index in [1.807, 2.05) is 6.92 Å². The first-order valence-corrected chi connectivity index (χ1v) is 15.7. The lowest BCUT2D eigenvalue weighted by Crippen LogP contribution is -2.49. The van der Waals surface area contributed by atoms with E-state index in [1.54, 1.807) is 54.6 Å². The number of sulfonamides is 1. The first kappa shape index (κ1) is 31.5. The quantitative estimate of drug-likeness (QED) is 0.173. The number of alkyl halides is 3. The highest BCUT2D eigenvalue weighted by Gasteiger charge is 2.39. The van der Waals surface area contributed by atoms with Crippen LogP contribution in [0.15, 0.2) is 94.5 Å². The molecule has 0 aliphatic carbocycles. The highest BCUT2D eigenvalue weighted by atomic mass is 32.2. The van der Waals surface area contributed by atoms with Gasteiger partial charge in [0.05, 0.1) is 26.8 Å². The second kappa shape index (κ2) is 12.4. The first-order chi connectivity index (χ1) is 22.4. The van der Waals surface area contributed by atoms with Crippen molar-refractivity contribution in [3.63, 3.8) is 0 Å². The fourth-order valence-corrected chi connectivity index (χ4v) is 5.95. The van der Waals surface area contributed by atoms with Gasteiger partial charge in [0.15, 0.2) is 5.69 Å². The minimum atomic E-state index is -4.70. The highest BCUT2D eigenvalue weighted by Crippen LogP contribution is 2.33. The van der Waals surface area contributed by atoms with Crippen LogP contribution in [-0.2, 0) is 25.7 Å². The summed E-state index contributed by atoms with van der Waals surface area (Å²) in [5.74, 6) is -1.45. The Morgan fingerprint density at radius 1 is 1.02 bits per heavy atom. The number of aryl methyl sites for hydroxylation is 1. The molecular weight excluding hydrogens is 645 g/mol. The van der Waals surface area contributed by atoms with Gasteiger partial charge >= 0.3 is 12.1 Å². The zero-order valence-electron chi connectivity index (χ0n) is 24.6. The molecule has 3 aromatic carbocycles. The Bertz CT molecular complexity index is 1980. The number of nitrogens with zero attached hydrogens (tertiary/aromatic N) is 5. The molecule has 0 spiro atoms. The summed E-state index contributed by atoms with van der Waals surface area (Å²) < 4.78 is 80.3. The van der Waals surface area contributed by atoms with Gasteiger partial charge in [-0.05, 0) is 62.2 Å². The number of amides is 1. The van der Waals surface area contributed by atoms with E-state index in [0.29, 0.717) is 30.5 Å². The maximum atomic E-state index is 13.6. The zero-order valence-corrected chi connectivity index (χ0v) is 25.4. The van der Waals surface area contributed by atoms with E-state index in [9.17, 15) is 31.2 Å². The molecule has 1 fully saturated rings. The smallest absolute Gasteiger partial charge is 0.422 e. The third-order valence-electron chi connectivity index (χ3n) is 7.34. The third kappa shape index (κ3) is 6.89. The number of hydrogen-bond acceptors (Lipinski definition) is 9. The van der Waals surface area contributed by atoms with E-state index in [1.165, 1.54) is 29.3 Å². The molecule has 5 aromatic rings. The summed E-state index contributed by atoms with van der Waals surface area (Å²) in [5.41, 5.74) is 0.962. The highest BCUT2D eigenvalue weighted by molar-refractivity contribution is 7.90. The summed E-state index contributed by atoms with van der Waals surface area (Å²) in [6.07, 6.45) is -3.86. The van der Waals surface area contributed by atoms with E-state index in [4.69, 9.17) is 14.2 Å². The Morgan fingerprint density at radius 2 is 1.72 bits per heavy atom. The van der Waals surface area contributed by atoms with Gasteiger partial charge in [0.2, 0.25) is 0 Å². The van der Waals surface area contributed by atoms with Crippen LogP contribution in [0.3, 0.4) is 0 Å². The van der Waals surface area contributed by atoms with Gasteiger partial charge in [-0.15, -0.1) is 0 Å². The summed E-state index contributed by atoms with van der Waals surface area (Å²) in [6.45, 7) is 1.70. The van der Waals surface area contributed by atoms with Gasteiger partial charge < -0.3 is 9.57 Å². The molecule has 246 valence electrons. The van der Waals surface area contributed by atoms with Crippen LogP contribution < -0.4 is 14.6 Å². The Balaban J connectivity index is 1.11. The second-order valence-corrected chi connectivity index (χ2v) is 12.3. The van der Waals surface area contributed by atoms with Crippen molar-refractivity contribution in [1.29, 1.82) is 0 Å². The van der Waals surface area contributed by atoms with Crippen molar-refractivity contribution in [2.75, 3.05) is 18.3 Å². The Labute approximate surface area is 265 Å². The average molecular weight is 673 g/mol. The van der Waals surface area contributed by atoms with Crippen LogP contribution in [-0.4, -0.2) is 59.4 Å². The molecule has 1 aliphatic heterocycles. The summed E-state index contributed by atoms with van der Waals surface area (Å²) in [5, 5.41) is 6.05. The third-order valence-corrected chi connectivity index (χ3v) is 8.70. The van der Waals surface area contributed by atoms with Crippen molar-refractivity contribution in [2.45, 2.75) is 36.9 Å². The average Bonchev–Trinajstić information content (AvgIpc) is 3.42. The molecule has 17 heteroatoms. The van der Waals surface area contributed by atoms with E-state index < -0.39 is 46.6 Å². The SMILES string of the molecule is Cc1ccc(-c2cc(C(F)(F)F)nn2-c2ccc(S(=O)(=O)NC(=O)C3CCCN3n3on3OCOC(=O)c3ccccc3)cc2)cc1. The van der Waals surface area contributed by atoms with Crippen LogP contribution in [0.5, 0.6) is 0 Å². The maximum absolute atomic E-state index is 13.6. The van der Waals surface area contributed by atoms with Crippen LogP contribution in [0.4, 0.5) is 13.2 Å². The summed E-state index contributed by atoms with van der Waals surface area (Å²) in [7, 11) is -4.37. The number of benzene rings is 3. The van der Waals surface area contributed by atoms with Gasteiger partial charge in [-0.2, -0.15) is 22.9 Å². The maximum Gasteiger partial charge on any atom is 0.435 e. The molecule has 2 aromatic heterocycles. The summed E-state index contributed by atoms with van der Waals surface area (Å²) in [4.78, 5) is 31.2. The van der Waals surface area contributed by atoms with Gasteiger partial charge in [-0.1, -0.05) is 48.0 Å². The lowest BCUT2D eigenvalue weighted by Gasteiger charge is -2.19. The minimum absolute atomic E-state index is 0.159. The van der Waals surface area contributed by atoms with Crippen LogP contribution in [0.25, 0.3) is 16.9 Å². The minimum Gasteiger partial charge on any atom is -0.422 e. The van der Waals surface area contributed by atoms with Crippen molar-refractivity contribution in [2.24, 2.45) is 0 Å². The van der Waals surface area contributed by atoms with E-state index >= 15 is 0 Å². The van der Waals surface area contributed by atoms with Crippen LogP contribution >= 0.6 is 0 Å². The molecule has 3 heterocycles. The Morgan fingerprint density at radius 3 is 2.40 bits per heavy atom. The van der Waals surface area contributed by atoms with Gasteiger partial charge in [0.25, 0.3) is 22.7 Å². The van der Waals surface area contributed by atoms with Gasteiger partial charge in [-0.25, -0.2) is 27.6 Å². The predicted octanol–water partition coefficient (Wildman–Crippen LogP) is 3.91. The monoisotopic (exact) mass is 672 g/mol. The topological polar surface area (TPSA) is 143 Å². The van der Waals surface area contributed by atoms with Crippen molar-refractivity contribution >= 4 is 21.9 Å². The number of ether oxygens (including phenoxy) is 1. The van der Waals surface area contributed by atoms with E-state index in [0.717, 1.165) is 26.3 Å². The van der Waals surface area contributed by atoms with Crippen molar-refractivity contribution < 1.29 is 45.4 Å². The predicted molar refractivity (Wildman–Crippen MR) is 158 cm³/mol. The van der Waals surface area contributed by atoms with Crippen LogP contribution in [0, 0.1) is 6.92 Å². The van der Waals surface area contributed by atoms with Crippen molar-refractivity contribution in [3.8, 4) is 16.9 Å². The first-order valence-electron chi connectivity index (χ1n) is 14.2. The molecule has 1 N–H and O–H groups in total. The standard InChI is InChI=1S/C30H27F3N6O7S/c1-20-9-11-21(12-10-20)26-18-27(30(31,32)33)34-37(26)23-13-15-24(16-14-23)47(42,43)35-28(40)25-8-5-17-36(25)38-39(46-38)45-19-44-29(41)22-6-3-2-4-7-22/h2-4,6-7,9-16,18,25H,5,8,17,19H2,1H3,(H,35,40). The number of nitrogens with one attached hydrogen (secondary N) is 1. The number of halogens is 3. The van der Waals surface area contributed by atoms with E-state index in [2.05, 4.69) is 9.82 Å². The molecule has 47 heavy (non-hydrogen) atoms. The molecule has 1 amide bonds. The fourth-order valence-electron chi connectivity index (χ4n) is 4.94. The van der Waals surface area contributed by atoms with Crippen molar-refractivity contribution in [1.82, 2.24) is 24.5 Å². The number of hydrogen-bond donors (Lipinski definition) is 1. The largest absolute Gasteiger partial charge is 0.435 e. The molecule has 1 saturated heterocycles. The molecule has 6 rings (SSSR count). The Hall–Kier alpha value is -5.45. The van der Waals surface area contributed by atoms with Gasteiger partial charge in [0, 0.05) is 12.1 Å². The molecule has 1 unspecified atom stereocenters. The lowest BCUT2D eigenvalue weighted by atomic mass is 10.1.